The van der Waals surface area contributed by atoms with Crippen LogP contribution in [0.15, 0.2) is 0 Å². The lowest BCUT2D eigenvalue weighted by molar-refractivity contribution is 0.244. The summed E-state index contributed by atoms with van der Waals surface area (Å²) in [6.45, 7) is 7.01. The van der Waals surface area contributed by atoms with E-state index in [1.165, 1.54) is 32.1 Å². The van der Waals surface area contributed by atoms with Crippen molar-refractivity contribution in [2.24, 2.45) is 5.41 Å². The molecule has 74 valence electrons. The molecule has 0 unspecified atom stereocenters. The molecule has 1 fully saturated rings. The normalized spacial score (nSPS) is 21.0. The Labute approximate surface area is 77.2 Å². The van der Waals surface area contributed by atoms with Crippen LogP contribution in [0.3, 0.4) is 0 Å². The van der Waals surface area contributed by atoms with Gasteiger partial charge in [-0.25, -0.2) is 0 Å². The Kier molecular flexibility index (Phi) is 6.45. The van der Waals surface area contributed by atoms with Gasteiger partial charge in [0.1, 0.15) is 0 Å². The Morgan fingerprint density at radius 1 is 1.08 bits per heavy atom. The highest BCUT2D eigenvalue weighted by molar-refractivity contribution is 4.72. The molecule has 0 aromatic carbocycles. The van der Waals surface area contributed by atoms with E-state index in [1.807, 2.05) is 6.92 Å². The number of aliphatic hydroxyl groups excluding tert-OH is 1. The lowest BCUT2D eigenvalue weighted by Gasteiger charge is -2.28. The second-order valence-corrected chi connectivity index (χ2v) is 4.45. The van der Waals surface area contributed by atoms with E-state index < -0.39 is 0 Å². The molecule has 0 radical (unpaired) electrons. The maximum Gasteiger partial charge on any atom is 0.0428 e. The van der Waals surface area contributed by atoms with Crippen molar-refractivity contribution in [2.45, 2.75) is 59.3 Å². The van der Waals surface area contributed by atoms with Crippen LogP contribution in [0, 0.1) is 5.41 Å². The lowest BCUT2D eigenvalue weighted by atomic mass is 9.78. The zero-order valence-electron chi connectivity index (χ0n) is 8.90. The number of aliphatic hydroxyl groups is 1. The molecule has 12 heavy (non-hydrogen) atoms. The first-order valence-electron chi connectivity index (χ1n) is 5.23. The molecule has 1 aliphatic carbocycles. The monoisotopic (exact) mass is 172 g/mol. The lowest BCUT2D eigenvalue weighted by Crippen LogP contribution is -2.14. The van der Waals surface area contributed by atoms with Gasteiger partial charge in [-0.15, -0.1) is 0 Å². The summed E-state index contributed by atoms with van der Waals surface area (Å²) in [5.41, 5.74) is 0.679. The second-order valence-electron chi connectivity index (χ2n) is 4.45. The highest BCUT2D eigenvalue weighted by Crippen LogP contribution is 2.34. The summed E-state index contributed by atoms with van der Waals surface area (Å²) in [5.74, 6) is 0. The third-order valence-corrected chi connectivity index (χ3v) is 2.43. The van der Waals surface area contributed by atoms with Crippen molar-refractivity contribution in [3.8, 4) is 0 Å². The minimum absolute atomic E-state index is 0.319. The molecule has 0 aromatic heterocycles. The number of hydrogen-bond donors (Lipinski definition) is 1. The number of rotatable bonds is 1. The van der Waals surface area contributed by atoms with E-state index in [1.54, 1.807) is 0 Å². The van der Waals surface area contributed by atoms with Crippen LogP contribution < -0.4 is 0 Å². The van der Waals surface area contributed by atoms with Gasteiger partial charge in [0.2, 0.25) is 0 Å². The minimum Gasteiger partial charge on any atom is -0.396 e. The topological polar surface area (TPSA) is 20.2 Å². The summed E-state index contributed by atoms with van der Waals surface area (Å²) < 4.78 is 0. The van der Waals surface area contributed by atoms with E-state index in [4.69, 9.17) is 5.11 Å². The Morgan fingerprint density at radius 3 is 1.67 bits per heavy atom. The first-order valence-corrected chi connectivity index (χ1v) is 5.23. The Morgan fingerprint density at radius 2 is 1.50 bits per heavy atom. The Bertz CT molecular complexity index is 87.2. The van der Waals surface area contributed by atoms with E-state index in [0.29, 0.717) is 12.0 Å². The summed E-state index contributed by atoms with van der Waals surface area (Å²) in [4.78, 5) is 0. The molecular weight excluding hydrogens is 148 g/mol. The van der Waals surface area contributed by atoms with Crippen LogP contribution in [0.25, 0.3) is 0 Å². The summed E-state index contributed by atoms with van der Waals surface area (Å²) in [6, 6.07) is 0. The molecule has 1 aliphatic rings. The zero-order valence-corrected chi connectivity index (χ0v) is 8.90. The van der Waals surface area contributed by atoms with E-state index in [0.717, 1.165) is 6.42 Å². The fourth-order valence-electron chi connectivity index (χ4n) is 1.51. The van der Waals surface area contributed by atoms with Crippen LogP contribution in [-0.2, 0) is 0 Å². The van der Waals surface area contributed by atoms with E-state index >= 15 is 0 Å². The van der Waals surface area contributed by atoms with Gasteiger partial charge in [-0.1, -0.05) is 40.0 Å². The van der Waals surface area contributed by atoms with Gasteiger partial charge in [0, 0.05) is 6.61 Å². The van der Waals surface area contributed by atoms with Crippen LogP contribution in [0.1, 0.15) is 59.3 Å². The molecule has 1 nitrogen and oxygen atoms in total. The molecule has 0 atom stereocenters. The SMILES string of the molecule is CC1(C)CCCCC1.CCCO. The van der Waals surface area contributed by atoms with E-state index in [-0.39, 0.29) is 0 Å². The largest absolute Gasteiger partial charge is 0.396 e. The average molecular weight is 172 g/mol. The number of hydrogen-bond acceptors (Lipinski definition) is 1. The standard InChI is InChI=1S/C8H16.C3H8O/c1-8(2)6-4-3-5-7-8;1-2-3-4/h3-7H2,1-2H3;4H,2-3H2,1H3. The minimum atomic E-state index is 0.319. The molecule has 0 aromatic rings. The molecular formula is C11H24O. The van der Waals surface area contributed by atoms with Crippen molar-refractivity contribution >= 4 is 0 Å². The quantitative estimate of drug-likeness (QED) is 0.643. The van der Waals surface area contributed by atoms with Crippen LogP contribution in [0.5, 0.6) is 0 Å². The van der Waals surface area contributed by atoms with Crippen molar-refractivity contribution in [3.05, 3.63) is 0 Å². The average Bonchev–Trinajstić information content (AvgIpc) is 2.05. The molecule has 0 spiro atoms. The van der Waals surface area contributed by atoms with Gasteiger partial charge < -0.3 is 5.11 Å². The Hall–Kier alpha value is -0.0400. The smallest absolute Gasteiger partial charge is 0.0428 e. The van der Waals surface area contributed by atoms with Crippen molar-refractivity contribution in [3.63, 3.8) is 0 Å². The van der Waals surface area contributed by atoms with Crippen LogP contribution in [0.2, 0.25) is 0 Å². The molecule has 0 aliphatic heterocycles. The molecule has 1 heteroatoms. The van der Waals surface area contributed by atoms with E-state index in [2.05, 4.69) is 13.8 Å². The van der Waals surface area contributed by atoms with Gasteiger partial charge in [-0.2, -0.15) is 0 Å². The van der Waals surface area contributed by atoms with Crippen molar-refractivity contribution in [1.82, 2.24) is 0 Å². The fourth-order valence-corrected chi connectivity index (χ4v) is 1.51. The van der Waals surface area contributed by atoms with Crippen LogP contribution >= 0.6 is 0 Å². The third kappa shape index (κ3) is 6.66. The van der Waals surface area contributed by atoms with Gasteiger partial charge >= 0.3 is 0 Å². The van der Waals surface area contributed by atoms with Crippen LogP contribution in [-0.4, -0.2) is 11.7 Å². The first-order chi connectivity index (χ1) is 5.62. The molecule has 1 N–H and O–H groups in total. The van der Waals surface area contributed by atoms with Crippen molar-refractivity contribution in [1.29, 1.82) is 0 Å². The highest BCUT2D eigenvalue weighted by Gasteiger charge is 2.19. The van der Waals surface area contributed by atoms with Crippen molar-refractivity contribution in [2.75, 3.05) is 6.61 Å². The Balaban J connectivity index is 0.000000261. The summed E-state index contributed by atoms with van der Waals surface area (Å²) >= 11 is 0. The predicted octanol–water partition coefficient (Wildman–Crippen LogP) is 3.37. The van der Waals surface area contributed by atoms with Crippen molar-refractivity contribution < 1.29 is 5.11 Å². The molecule has 0 amide bonds. The molecule has 1 saturated carbocycles. The van der Waals surface area contributed by atoms with E-state index in [9.17, 15) is 0 Å². The maximum absolute atomic E-state index is 7.88. The van der Waals surface area contributed by atoms with Gasteiger partial charge in [0.05, 0.1) is 0 Å². The van der Waals surface area contributed by atoms with Gasteiger partial charge in [0.15, 0.2) is 0 Å². The first kappa shape index (κ1) is 12.0. The fraction of sp³-hybridized carbons (Fsp3) is 1.00. The second kappa shape index (κ2) is 6.47. The zero-order chi connectivity index (χ0) is 9.45. The predicted molar refractivity (Wildman–Crippen MR) is 54.2 cm³/mol. The van der Waals surface area contributed by atoms with Gasteiger partial charge in [0.25, 0.3) is 0 Å². The molecule has 0 saturated heterocycles. The summed E-state index contributed by atoms with van der Waals surface area (Å²) in [6.07, 6.45) is 8.18. The maximum atomic E-state index is 7.88. The highest BCUT2D eigenvalue weighted by atomic mass is 16.2. The third-order valence-electron chi connectivity index (χ3n) is 2.43. The van der Waals surface area contributed by atoms with Crippen LogP contribution in [0.4, 0.5) is 0 Å². The van der Waals surface area contributed by atoms with Gasteiger partial charge in [-0.3, -0.25) is 0 Å². The molecule has 0 heterocycles. The summed E-state index contributed by atoms with van der Waals surface area (Å²) in [5, 5.41) is 7.88. The molecule has 0 bridgehead atoms. The molecule has 1 rings (SSSR count). The van der Waals surface area contributed by atoms with Gasteiger partial charge in [-0.05, 0) is 24.7 Å². The summed E-state index contributed by atoms with van der Waals surface area (Å²) in [7, 11) is 0.